The molecular weight excluding hydrogens is 1120 g/mol. The molecule has 4 atom stereocenters. The minimum absolute atomic E-state index is 0.0963. The van der Waals surface area contributed by atoms with E-state index in [4.69, 9.17) is 40.5 Å². The second kappa shape index (κ2) is 27.6. The summed E-state index contributed by atoms with van der Waals surface area (Å²) in [6, 6.07) is 6.41. The van der Waals surface area contributed by atoms with Crippen LogP contribution in [0.5, 0.6) is 0 Å². The van der Waals surface area contributed by atoms with Gasteiger partial charge in [0.15, 0.2) is 21.7 Å². The standard InChI is InChI=1S/C25H29BrFN5O5S.C25H29ClFN5O5S/c2*1-3-37-25(35)21-19(12-32-7-8-36-14-16(32)11-31(2)13-20(33)34)29-23(24-28-6-9-38-24)30-22(21)17-5-4-15(27)10-18(17)26/h2*4-6,9-10,16,22H,3,7-8,11-14H2,1-2H3,(H,29,30)(H,33,34). The van der Waals surface area contributed by atoms with Gasteiger partial charge in [-0.25, -0.2) is 28.3 Å². The van der Waals surface area contributed by atoms with E-state index in [1.807, 2.05) is 10.8 Å². The zero-order chi connectivity index (χ0) is 54.5. The lowest BCUT2D eigenvalue weighted by atomic mass is 9.95. The Labute approximate surface area is 459 Å². The Morgan fingerprint density at radius 2 is 1.20 bits per heavy atom. The number of hydrogen-bond acceptors (Lipinski definition) is 20. The monoisotopic (exact) mass is 1170 g/mol. The number of halogens is 4. The number of carbonyl (C=O) groups excluding carboxylic acids is 2. The number of morpholine rings is 2. The molecule has 408 valence electrons. The highest BCUT2D eigenvalue weighted by Crippen LogP contribution is 2.39. The van der Waals surface area contributed by atoms with Gasteiger partial charge in [-0.15, -0.1) is 22.7 Å². The zero-order valence-corrected chi connectivity index (χ0v) is 46.0. The number of nitrogens with zero attached hydrogens (tertiary/aromatic N) is 8. The predicted octanol–water partition coefficient (Wildman–Crippen LogP) is 5.23. The van der Waals surface area contributed by atoms with Gasteiger partial charge in [-0.3, -0.25) is 39.2 Å². The number of likely N-dealkylation sites (N-methyl/N-ethyl adjacent to an activating group) is 2. The van der Waals surface area contributed by atoms with Crippen LogP contribution in [0, 0.1) is 11.6 Å². The van der Waals surface area contributed by atoms with Crippen molar-refractivity contribution in [2.45, 2.75) is 38.0 Å². The van der Waals surface area contributed by atoms with Gasteiger partial charge >= 0.3 is 23.9 Å². The third-order valence-corrected chi connectivity index (χ3v) is 14.9. The summed E-state index contributed by atoms with van der Waals surface area (Å²) in [6.07, 6.45) is 3.33. The Bertz CT molecular complexity index is 2640. The van der Waals surface area contributed by atoms with Gasteiger partial charge in [0, 0.05) is 101 Å². The van der Waals surface area contributed by atoms with Crippen LogP contribution in [-0.2, 0) is 38.1 Å². The van der Waals surface area contributed by atoms with E-state index in [0.717, 1.165) is 0 Å². The summed E-state index contributed by atoms with van der Waals surface area (Å²) in [5.41, 5.74) is 2.82. The molecule has 0 aliphatic carbocycles. The molecule has 4 aliphatic rings. The number of aromatic nitrogens is 2. The number of amidine groups is 2. The topological polar surface area (TPSA) is 233 Å². The number of ether oxygens (including phenoxy) is 4. The molecule has 26 heteroatoms. The van der Waals surface area contributed by atoms with Crippen molar-refractivity contribution in [3.8, 4) is 0 Å². The molecule has 20 nitrogen and oxygen atoms in total. The van der Waals surface area contributed by atoms with Crippen LogP contribution in [0.15, 0.2) is 96.5 Å². The maximum atomic E-state index is 14.0. The van der Waals surface area contributed by atoms with Crippen LogP contribution in [0.3, 0.4) is 0 Å². The van der Waals surface area contributed by atoms with E-state index in [0.29, 0.717) is 120 Å². The highest BCUT2D eigenvalue weighted by Gasteiger charge is 2.38. The van der Waals surface area contributed by atoms with Gasteiger partial charge in [0.1, 0.15) is 23.7 Å². The summed E-state index contributed by atoms with van der Waals surface area (Å²) < 4.78 is 50.6. The molecule has 0 spiro atoms. The summed E-state index contributed by atoms with van der Waals surface area (Å²) in [6.45, 7) is 8.12. The summed E-state index contributed by atoms with van der Waals surface area (Å²) in [7, 11) is 3.49. The van der Waals surface area contributed by atoms with Crippen LogP contribution in [0.1, 0.15) is 47.1 Å². The second-order valence-corrected chi connectivity index (χ2v) is 20.9. The first-order valence-electron chi connectivity index (χ1n) is 24.2. The first kappa shape index (κ1) is 58.1. The highest BCUT2D eigenvalue weighted by molar-refractivity contribution is 9.10. The molecule has 0 amide bonds. The van der Waals surface area contributed by atoms with Gasteiger partial charge in [0.2, 0.25) is 0 Å². The molecule has 2 aromatic carbocycles. The Balaban J connectivity index is 0.000000221. The van der Waals surface area contributed by atoms with Crippen molar-refractivity contribution >= 4 is 85.8 Å². The molecule has 2 saturated heterocycles. The third kappa shape index (κ3) is 15.3. The molecule has 2 aromatic heterocycles. The van der Waals surface area contributed by atoms with E-state index < -0.39 is 47.6 Å². The fraction of sp³-hybridized carbons (Fsp3) is 0.440. The molecule has 0 saturated carbocycles. The number of esters is 2. The smallest absolute Gasteiger partial charge is 0.338 e. The van der Waals surface area contributed by atoms with Crippen molar-refractivity contribution in [1.29, 1.82) is 0 Å². The molecule has 0 radical (unpaired) electrons. The van der Waals surface area contributed by atoms with Crippen LogP contribution in [0.4, 0.5) is 8.78 Å². The van der Waals surface area contributed by atoms with Crippen LogP contribution >= 0.6 is 50.2 Å². The second-order valence-electron chi connectivity index (χ2n) is 17.8. The maximum absolute atomic E-state index is 14.0. The minimum atomic E-state index is -0.916. The van der Waals surface area contributed by atoms with Gasteiger partial charge < -0.3 is 39.8 Å². The van der Waals surface area contributed by atoms with E-state index in [9.17, 15) is 38.2 Å². The van der Waals surface area contributed by atoms with Crippen molar-refractivity contribution in [2.75, 3.05) is 106 Å². The maximum Gasteiger partial charge on any atom is 0.338 e. The molecule has 6 heterocycles. The van der Waals surface area contributed by atoms with E-state index >= 15 is 0 Å². The summed E-state index contributed by atoms with van der Waals surface area (Å²) >= 11 is 12.7. The highest BCUT2D eigenvalue weighted by atomic mass is 79.9. The molecule has 4 N–H and O–H groups in total. The number of benzene rings is 2. The van der Waals surface area contributed by atoms with E-state index in [1.165, 1.54) is 53.0 Å². The fourth-order valence-electron chi connectivity index (χ4n) is 8.98. The number of carboxylic acids is 2. The van der Waals surface area contributed by atoms with Crippen molar-refractivity contribution in [3.05, 3.63) is 124 Å². The number of hydrogen-bond donors (Lipinski definition) is 4. The largest absolute Gasteiger partial charge is 0.480 e. The quantitative estimate of drug-likeness (QED) is 0.0830. The lowest BCUT2D eigenvalue weighted by molar-refractivity contribution is -0.140. The summed E-state index contributed by atoms with van der Waals surface area (Å²) in [4.78, 5) is 75.2. The SMILES string of the molecule is CCOC(=O)C1=C(CN2CCOCC2CN(C)CC(=O)O)NC(c2nccs2)=NC1c1ccc(F)cc1Br.CCOC(=O)C1=C(CN2CCOCC2CN(C)CC(=O)O)NC(c2nccs2)=NC1c1ccc(F)cc1Cl. The number of thiazole rings is 2. The molecule has 76 heavy (non-hydrogen) atoms. The van der Waals surface area contributed by atoms with Gasteiger partial charge in [-0.1, -0.05) is 39.7 Å². The number of aliphatic imine (C=N–C) groups is 2. The molecule has 4 aliphatic heterocycles. The molecule has 0 bridgehead atoms. The molecule has 8 rings (SSSR count). The molecular formula is C50H58BrClF2N10O10S2. The number of nitrogens with one attached hydrogen (secondary N) is 2. The van der Waals surface area contributed by atoms with Crippen LogP contribution < -0.4 is 10.6 Å². The van der Waals surface area contributed by atoms with E-state index in [2.05, 4.69) is 46.3 Å². The van der Waals surface area contributed by atoms with Gasteiger partial charge in [-0.2, -0.15) is 0 Å². The van der Waals surface area contributed by atoms with Crippen molar-refractivity contribution in [1.82, 2.24) is 40.2 Å². The van der Waals surface area contributed by atoms with Crippen LogP contribution in [0.2, 0.25) is 5.02 Å². The van der Waals surface area contributed by atoms with Crippen molar-refractivity contribution in [3.63, 3.8) is 0 Å². The lowest BCUT2D eigenvalue weighted by Gasteiger charge is -2.39. The molecule has 4 unspecified atom stereocenters. The van der Waals surface area contributed by atoms with Gasteiger partial charge in [0.25, 0.3) is 0 Å². The Morgan fingerprint density at radius 1 is 0.750 bits per heavy atom. The number of rotatable bonds is 20. The average Bonchev–Trinajstić information content (AvgIpc) is 4.12. The summed E-state index contributed by atoms with van der Waals surface area (Å²) in [5.74, 6) is -2.86. The predicted molar refractivity (Wildman–Crippen MR) is 285 cm³/mol. The minimum Gasteiger partial charge on any atom is -0.480 e. The van der Waals surface area contributed by atoms with Crippen LogP contribution in [-0.4, -0.2) is 194 Å². The Morgan fingerprint density at radius 3 is 1.61 bits per heavy atom. The van der Waals surface area contributed by atoms with Crippen LogP contribution in [0.25, 0.3) is 0 Å². The normalized spacial score (nSPS) is 20.3. The van der Waals surface area contributed by atoms with Gasteiger partial charge in [-0.05, 0) is 57.8 Å². The number of aliphatic carboxylic acids is 2. The lowest BCUT2D eigenvalue weighted by Crippen LogP contribution is -2.53. The van der Waals surface area contributed by atoms with Crippen molar-refractivity contribution < 1.29 is 57.1 Å². The van der Waals surface area contributed by atoms with Gasteiger partial charge in [0.05, 0.1) is 63.9 Å². The zero-order valence-electron chi connectivity index (χ0n) is 42.0. The first-order chi connectivity index (χ1) is 36.5. The first-order valence-corrected chi connectivity index (χ1v) is 27.1. The number of carboxylic acid groups (broad SMARTS) is 2. The van der Waals surface area contributed by atoms with Crippen molar-refractivity contribution in [2.24, 2.45) is 9.98 Å². The number of carbonyl (C=O) groups is 4. The van der Waals surface area contributed by atoms with E-state index in [1.54, 1.807) is 56.2 Å². The average molecular weight is 1180 g/mol. The fourth-order valence-corrected chi connectivity index (χ4v) is 11.0. The summed E-state index contributed by atoms with van der Waals surface area (Å²) in [5, 5.41) is 30.0. The Hall–Kier alpha value is -5.61. The molecule has 4 aromatic rings. The third-order valence-electron chi connectivity index (χ3n) is 12.3. The Kier molecular flexibility index (Phi) is 21.1. The molecule has 2 fully saturated rings. The van der Waals surface area contributed by atoms with E-state index in [-0.39, 0.29) is 49.0 Å².